The number of fused-ring (bicyclic) bond motifs is 1. The number of carbonyl (C=O) groups is 1. The van der Waals surface area contributed by atoms with E-state index in [4.69, 9.17) is 9.57 Å². The number of amidine groups is 1. The highest BCUT2D eigenvalue weighted by Crippen LogP contribution is 2.34. The zero-order chi connectivity index (χ0) is 27.4. The largest absolute Gasteiger partial charge is 0.494 e. The highest BCUT2D eigenvalue weighted by molar-refractivity contribution is 6.26. The number of carbonyl (C=O) groups excluding carboxylic acids is 1. The Morgan fingerprint density at radius 2 is 1.95 bits per heavy atom. The molecular formula is C30H32F3N3O3. The van der Waals surface area contributed by atoms with Crippen molar-refractivity contribution >= 4 is 17.3 Å². The maximum Gasteiger partial charge on any atom is 0.389 e. The first-order valence-electron chi connectivity index (χ1n) is 13.4. The van der Waals surface area contributed by atoms with Gasteiger partial charge in [0.25, 0.3) is 5.91 Å². The molecule has 1 amide bonds. The molecule has 2 heterocycles. The first-order chi connectivity index (χ1) is 18.7. The van der Waals surface area contributed by atoms with Crippen LogP contribution in [0.4, 0.5) is 13.2 Å². The SMILES string of the molecule is C=C1N=C(C2=C(c3ccc4c(c3)CCC4)C[C@H](CCCc3cccc(OCCCC(F)(F)F)c3)NC2=O)NO1. The molecule has 0 radical (unpaired) electrons. The van der Waals surface area contributed by atoms with Crippen molar-refractivity contribution in [2.75, 3.05) is 6.61 Å². The highest BCUT2D eigenvalue weighted by Gasteiger charge is 2.33. The van der Waals surface area contributed by atoms with Gasteiger partial charge in [-0.2, -0.15) is 18.2 Å². The first-order valence-corrected chi connectivity index (χ1v) is 13.4. The van der Waals surface area contributed by atoms with E-state index in [1.807, 2.05) is 18.2 Å². The Morgan fingerprint density at radius 3 is 2.74 bits per heavy atom. The van der Waals surface area contributed by atoms with Gasteiger partial charge in [0, 0.05) is 12.5 Å². The number of aliphatic imine (C=N–C) groups is 1. The van der Waals surface area contributed by atoms with Crippen LogP contribution in [0.1, 0.15) is 60.8 Å². The maximum absolute atomic E-state index is 13.3. The normalized spacial score (nSPS) is 18.8. The quantitative estimate of drug-likeness (QED) is 0.365. The van der Waals surface area contributed by atoms with Gasteiger partial charge in [0.1, 0.15) is 5.75 Å². The summed E-state index contributed by atoms with van der Waals surface area (Å²) in [4.78, 5) is 22.8. The molecule has 2 aromatic rings. The molecule has 0 unspecified atom stereocenters. The molecule has 6 nitrogen and oxygen atoms in total. The van der Waals surface area contributed by atoms with E-state index in [2.05, 4.69) is 40.6 Å². The smallest absolute Gasteiger partial charge is 0.389 e. The molecule has 9 heteroatoms. The number of nitrogens with zero attached hydrogens (tertiary/aromatic N) is 1. The summed E-state index contributed by atoms with van der Waals surface area (Å²) in [5.41, 5.74) is 8.94. The molecule has 0 saturated carbocycles. The molecule has 0 fully saturated rings. The lowest BCUT2D eigenvalue weighted by Gasteiger charge is -2.28. The number of hydrogen-bond donors (Lipinski definition) is 2. The topological polar surface area (TPSA) is 72.0 Å². The number of aryl methyl sites for hydroxylation is 3. The van der Waals surface area contributed by atoms with Gasteiger partial charge in [-0.05, 0) is 97.9 Å². The monoisotopic (exact) mass is 539 g/mol. The van der Waals surface area contributed by atoms with E-state index in [9.17, 15) is 18.0 Å². The number of alkyl halides is 3. The summed E-state index contributed by atoms with van der Waals surface area (Å²) in [7, 11) is 0. The Balaban J connectivity index is 1.24. The predicted octanol–water partition coefficient (Wildman–Crippen LogP) is 5.97. The zero-order valence-corrected chi connectivity index (χ0v) is 21.7. The Bertz CT molecular complexity index is 1320. The van der Waals surface area contributed by atoms with Crippen molar-refractivity contribution in [2.24, 2.45) is 4.99 Å². The average molecular weight is 540 g/mol. The number of halogens is 3. The summed E-state index contributed by atoms with van der Waals surface area (Å²) in [6.45, 7) is 3.73. The van der Waals surface area contributed by atoms with Crippen LogP contribution in [-0.4, -0.2) is 30.6 Å². The fraction of sp³-hybridized carbons (Fsp3) is 0.400. The van der Waals surface area contributed by atoms with E-state index in [1.54, 1.807) is 6.07 Å². The number of hydrogen-bond acceptors (Lipinski definition) is 5. The first kappa shape index (κ1) is 26.8. The van der Waals surface area contributed by atoms with E-state index in [-0.39, 0.29) is 30.9 Å². The van der Waals surface area contributed by atoms with Crippen LogP contribution in [0.3, 0.4) is 0 Å². The van der Waals surface area contributed by atoms with Gasteiger partial charge in [-0.3, -0.25) is 4.79 Å². The molecule has 206 valence electrons. The van der Waals surface area contributed by atoms with Gasteiger partial charge in [-0.25, -0.2) is 5.48 Å². The van der Waals surface area contributed by atoms with Gasteiger partial charge >= 0.3 is 6.18 Å². The van der Waals surface area contributed by atoms with Gasteiger partial charge in [-0.15, -0.1) is 0 Å². The maximum atomic E-state index is 13.3. The molecular weight excluding hydrogens is 507 g/mol. The Morgan fingerprint density at radius 1 is 1.10 bits per heavy atom. The second kappa shape index (κ2) is 11.6. The van der Waals surface area contributed by atoms with Crippen molar-refractivity contribution in [1.82, 2.24) is 10.8 Å². The molecule has 5 rings (SSSR count). The lowest BCUT2D eigenvalue weighted by atomic mass is 9.86. The van der Waals surface area contributed by atoms with Gasteiger partial charge in [0.15, 0.2) is 5.84 Å². The molecule has 3 aliphatic rings. The van der Waals surface area contributed by atoms with Crippen molar-refractivity contribution in [3.63, 3.8) is 0 Å². The van der Waals surface area contributed by atoms with E-state index in [0.29, 0.717) is 23.6 Å². The second-order valence-corrected chi connectivity index (χ2v) is 10.2. The van der Waals surface area contributed by atoms with Crippen LogP contribution in [0.25, 0.3) is 5.57 Å². The average Bonchev–Trinajstić information content (AvgIpc) is 3.54. The predicted molar refractivity (Wildman–Crippen MR) is 143 cm³/mol. The fourth-order valence-electron chi connectivity index (χ4n) is 5.43. The molecule has 1 aliphatic carbocycles. The van der Waals surface area contributed by atoms with Gasteiger partial charge in [0.05, 0.1) is 12.2 Å². The number of ether oxygens (including phenoxy) is 1. The molecule has 1 atom stereocenters. The molecule has 0 saturated heterocycles. The summed E-state index contributed by atoms with van der Waals surface area (Å²) in [5.74, 6) is 0.965. The zero-order valence-electron chi connectivity index (χ0n) is 21.7. The molecule has 2 aromatic carbocycles. The van der Waals surface area contributed by atoms with Crippen molar-refractivity contribution in [1.29, 1.82) is 0 Å². The van der Waals surface area contributed by atoms with Crippen LogP contribution in [0.2, 0.25) is 0 Å². The lowest BCUT2D eigenvalue weighted by molar-refractivity contribution is -0.136. The van der Waals surface area contributed by atoms with Crippen molar-refractivity contribution in [3.8, 4) is 5.75 Å². The summed E-state index contributed by atoms with van der Waals surface area (Å²) in [6, 6.07) is 13.9. The highest BCUT2D eigenvalue weighted by atomic mass is 19.4. The standard InChI is InChI=1S/C30H32F3N3O3/c1-19-34-28(36-39-19)27-26(23-13-12-21-8-4-9-22(21)17-23)18-24(35-29(27)37)10-2-6-20-7-3-11-25(16-20)38-15-5-14-30(31,32)33/h3,7,11-13,16-17,24H,1-2,4-6,8-10,14-15,18H2,(H,34,36)(H,35,37)/t24-/m0/s1. The fourth-order valence-corrected chi connectivity index (χ4v) is 5.43. The lowest BCUT2D eigenvalue weighted by Crippen LogP contribution is -2.43. The Hall–Kier alpha value is -3.75. The molecule has 0 bridgehead atoms. The number of rotatable bonds is 10. The summed E-state index contributed by atoms with van der Waals surface area (Å²) in [5, 5.41) is 3.13. The molecule has 0 aromatic heterocycles. The van der Waals surface area contributed by atoms with E-state index in [0.717, 1.165) is 55.2 Å². The third-order valence-corrected chi connectivity index (χ3v) is 7.29. The van der Waals surface area contributed by atoms with Crippen LogP contribution in [0.5, 0.6) is 5.75 Å². The summed E-state index contributed by atoms with van der Waals surface area (Å²) >= 11 is 0. The van der Waals surface area contributed by atoms with E-state index in [1.165, 1.54) is 11.1 Å². The van der Waals surface area contributed by atoms with Crippen LogP contribution in [-0.2, 0) is 28.9 Å². The van der Waals surface area contributed by atoms with Gasteiger partial charge in [-0.1, -0.05) is 30.3 Å². The third-order valence-electron chi connectivity index (χ3n) is 7.29. The van der Waals surface area contributed by atoms with Gasteiger partial charge < -0.3 is 14.9 Å². The van der Waals surface area contributed by atoms with Gasteiger partial charge in [0.2, 0.25) is 5.88 Å². The molecule has 39 heavy (non-hydrogen) atoms. The van der Waals surface area contributed by atoms with Crippen molar-refractivity contribution in [2.45, 2.75) is 70.0 Å². The molecule has 2 N–H and O–H groups in total. The van der Waals surface area contributed by atoms with Crippen molar-refractivity contribution in [3.05, 3.63) is 82.8 Å². The van der Waals surface area contributed by atoms with Crippen LogP contribution < -0.4 is 15.5 Å². The number of nitrogens with one attached hydrogen (secondary N) is 2. The van der Waals surface area contributed by atoms with Crippen LogP contribution in [0.15, 0.2) is 65.5 Å². The second-order valence-electron chi connectivity index (χ2n) is 10.2. The summed E-state index contributed by atoms with van der Waals surface area (Å²) in [6.07, 6.45) is 1.22. The van der Waals surface area contributed by atoms with Crippen LogP contribution in [0, 0.1) is 0 Å². The molecule has 0 spiro atoms. The third kappa shape index (κ3) is 6.82. The number of amides is 1. The minimum absolute atomic E-state index is 0.0236. The molecule has 2 aliphatic heterocycles. The van der Waals surface area contributed by atoms with E-state index < -0.39 is 12.6 Å². The Labute approximate surface area is 225 Å². The van der Waals surface area contributed by atoms with Crippen molar-refractivity contribution < 1.29 is 27.5 Å². The Kier molecular flexibility index (Phi) is 7.95. The minimum atomic E-state index is -4.17. The minimum Gasteiger partial charge on any atom is -0.494 e. The summed E-state index contributed by atoms with van der Waals surface area (Å²) < 4.78 is 42.6. The van der Waals surface area contributed by atoms with E-state index >= 15 is 0 Å². The number of hydroxylamine groups is 1. The van der Waals surface area contributed by atoms with Crippen LogP contribution >= 0.6 is 0 Å². The number of benzene rings is 2.